The van der Waals surface area contributed by atoms with Crippen molar-refractivity contribution in [3.8, 4) is 0 Å². The maximum absolute atomic E-state index is 12.5. The van der Waals surface area contributed by atoms with Gasteiger partial charge in [0.15, 0.2) is 0 Å². The van der Waals surface area contributed by atoms with Crippen LogP contribution in [0.3, 0.4) is 0 Å². The van der Waals surface area contributed by atoms with Crippen LogP contribution < -0.4 is 10.6 Å². The number of fused-ring (bicyclic) bond motifs is 1. The molecule has 1 aliphatic carbocycles. The molecule has 0 bridgehead atoms. The zero-order valence-electron chi connectivity index (χ0n) is 12.8. The van der Waals surface area contributed by atoms with Gasteiger partial charge < -0.3 is 10.6 Å². The first-order valence-corrected chi connectivity index (χ1v) is 8.12. The number of hydrogen-bond acceptors (Lipinski definition) is 3. The van der Waals surface area contributed by atoms with E-state index in [0.717, 1.165) is 44.7 Å². The van der Waals surface area contributed by atoms with Crippen LogP contribution in [0.4, 0.5) is 5.69 Å². The third kappa shape index (κ3) is 3.27. The largest absolute Gasteiger partial charge is 0.324 e. The Balaban J connectivity index is 1.69. The van der Waals surface area contributed by atoms with Gasteiger partial charge in [-0.15, -0.1) is 0 Å². The van der Waals surface area contributed by atoms with E-state index in [4.69, 9.17) is 0 Å². The molecule has 4 heteroatoms. The summed E-state index contributed by atoms with van der Waals surface area (Å²) in [5.41, 5.74) is 3.79. The van der Waals surface area contributed by atoms with Crippen molar-refractivity contribution in [1.82, 2.24) is 10.2 Å². The summed E-state index contributed by atoms with van der Waals surface area (Å²) in [7, 11) is 0. The van der Waals surface area contributed by atoms with Gasteiger partial charge in [-0.3, -0.25) is 9.69 Å². The number of rotatable bonds is 3. The van der Waals surface area contributed by atoms with Gasteiger partial charge >= 0.3 is 0 Å². The lowest BCUT2D eigenvalue weighted by Gasteiger charge is -2.32. The lowest BCUT2D eigenvalue weighted by atomic mass is 9.90. The molecule has 1 atom stereocenters. The molecule has 3 rings (SSSR count). The van der Waals surface area contributed by atoms with Crippen molar-refractivity contribution in [1.29, 1.82) is 0 Å². The van der Waals surface area contributed by atoms with Crippen LogP contribution in [0.5, 0.6) is 0 Å². The Kier molecular flexibility index (Phi) is 4.56. The molecule has 0 aromatic heterocycles. The van der Waals surface area contributed by atoms with Gasteiger partial charge in [-0.05, 0) is 49.8 Å². The molecule has 0 radical (unpaired) electrons. The van der Waals surface area contributed by atoms with E-state index < -0.39 is 0 Å². The number of amides is 1. The Bertz CT molecular complexity index is 509. The second kappa shape index (κ2) is 6.58. The van der Waals surface area contributed by atoms with Crippen molar-refractivity contribution >= 4 is 11.6 Å². The van der Waals surface area contributed by atoms with Crippen molar-refractivity contribution in [2.45, 2.75) is 38.6 Å². The van der Waals surface area contributed by atoms with Crippen molar-refractivity contribution in [3.05, 3.63) is 29.3 Å². The number of carbonyl (C=O) groups excluding carboxylic acids is 1. The van der Waals surface area contributed by atoms with Gasteiger partial charge in [0.1, 0.15) is 0 Å². The minimum atomic E-state index is -0.0634. The molecule has 1 amide bonds. The normalized spacial score (nSPS) is 20.6. The van der Waals surface area contributed by atoms with Crippen LogP contribution in [0.2, 0.25) is 0 Å². The first-order valence-electron chi connectivity index (χ1n) is 8.12. The van der Waals surface area contributed by atoms with E-state index in [9.17, 15) is 4.79 Å². The number of anilines is 1. The van der Waals surface area contributed by atoms with Crippen LogP contribution in [0.15, 0.2) is 18.2 Å². The summed E-state index contributed by atoms with van der Waals surface area (Å²) < 4.78 is 0. The molecule has 1 aromatic rings. The van der Waals surface area contributed by atoms with E-state index in [0.29, 0.717) is 0 Å². The number of hydrogen-bond donors (Lipinski definition) is 2. The Morgan fingerprint density at radius 2 is 2.00 bits per heavy atom. The minimum Gasteiger partial charge on any atom is -0.324 e. The quantitative estimate of drug-likeness (QED) is 0.891. The number of nitrogens with zero attached hydrogens (tertiary/aromatic N) is 1. The molecule has 1 aliphatic heterocycles. The van der Waals surface area contributed by atoms with Crippen LogP contribution >= 0.6 is 0 Å². The highest BCUT2D eigenvalue weighted by Gasteiger charge is 2.23. The average molecular weight is 287 g/mol. The summed E-state index contributed by atoms with van der Waals surface area (Å²) in [5, 5.41) is 6.49. The molecule has 114 valence electrons. The van der Waals surface area contributed by atoms with Crippen molar-refractivity contribution in [3.63, 3.8) is 0 Å². The summed E-state index contributed by atoms with van der Waals surface area (Å²) in [5.74, 6) is 0.121. The predicted octanol–water partition coefficient (Wildman–Crippen LogP) is 1.80. The topological polar surface area (TPSA) is 44.4 Å². The van der Waals surface area contributed by atoms with Gasteiger partial charge in [0, 0.05) is 31.9 Å². The fourth-order valence-electron chi connectivity index (χ4n) is 3.37. The molecular formula is C17H25N3O. The Hall–Kier alpha value is -1.39. The molecule has 4 nitrogen and oxygen atoms in total. The van der Waals surface area contributed by atoms with E-state index in [2.05, 4.69) is 27.7 Å². The molecule has 1 saturated heterocycles. The first-order chi connectivity index (χ1) is 10.3. The minimum absolute atomic E-state index is 0.0634. The van der Waals surface area contributed by atoms with Gasteiger partial charge in [0.05, 0.1) is 6.04 Å². The Morgan fingerprint density at radius 1 is 1.24 bits per heavy atom. The zero-order chi connectivity index (χ0) is 14.7. The molecule has 21 heavy (non-hydrogen) atoms. The van der Waals surface area contributed by atoms with E-state index in [1.807, 2.05) is 13.0 Å². The molecule has 2 N–H and O–H groups in total. The molecule has 1 heterocycles. The monoisotopic (exact) mass is 287 g/mol. The van der Waals surface area contributed by atoms with Gasteiger partial charge in [0.2, 0.25) is 5.91 Å². The lowest BCUT2D eigenvalue weighted by molar-refractivity contribution is -0.120. The molecule has 0 spiro atoms. The summed E-state index contributed by atoms with van der Waals surface area (Å²) in [6, 6.07) is 6.25. The molecule has 1 aromatic carbocycles. The number of nitrogens with one attached hydrogen (secondary N) is 2. The second-order valence-corrected chi connectivity index (χ2v) is 6.10. The standard InChI is InChI=1S/C17H25N3O/c1-13(20-11-9-18-10-12-20)17(21)19-16-8-4-6-14-5-2-3-7-15(14)16/h4,6,8,13,18H,2-3,5,7,9-12H2,1H3,(H,19,21). The van der Waals surface area contributed by atoms with Gasteiger partial charge in [-0.1, -0.05) is 12.1 Å². The van der Waals surface area contributed by atoms with E-state index >= 15 is 0 Å². The van der Waals surface area contributed by atoms with Gasteiger partial charge in [-0.25, -0.2) is 0 Å². The zero-order valence-corrected chi connectivity index (χ0v) is 12.8. The Morgan fingerprint density at radius 3 is 2.81 bits per heavy atom. The van der Waals surface area contributed by atoms with Crippen LogP contribution in [-0.4, -0.2) is 43.0 Å². The third-order valence-corrected chi connectivity index (χ3v) is 4.73. The van der Waals surface area contributed by atoms with Crippen LogP contribution in [0.25, 0.3) is 0 Å². The second-order valence-electron chi connectivity index (χ2n) is 6.10. The van der Waals surface area contributed by atoms with Crippen LogP contribution in [0, 0.1) is 0 Å². The maximum Gasteiger partial charge on any atom is 0.241 e. The summed E-state index contributed by atoms with van der Waals surface area (Å²) in [6.45, 7) is 5.84. The van der Waals surface area contributed by atoms with Crippen molar-refractivity contribution < 1.29 is 4.79 Å². The van der Waals surface area contributed by atoms with Crippen LogP contribution in [0.1, 0.15) is 30.9 Å². The summed E-state index contributed by atoms with van der Waals surface area (Å²) >= 11 is 0. The smallest absolute Gasteiger partial charge is 0.241 e. The van der Waals surface area contributed by atoms with Crippen molar-refractivity contribution in [2.75, 3.05) is 31.5 Å². The Labute approximate surface area is 126 Å². The van der Waals surface area contributed by atoms with Gasteiger partial charge in [-0.2, -0.15) is 0 Å². The predicted molar refractivity (Wildman–Crippen MR) is 85.6 cm³/mol. The van der Waals surface area contributed by atoms with Crippen molar-refractivity contribution in [2.24, 2.45) is 0 Å². The molecule has 1 unspecified atom stereocenters. The third-order valence-electron chi connectivity index (χ3n) is 4.73. The highest BCUT2D eigenvalue weighted by Crippen LogP contribution is 2.28. The number of aryl methyl sites for hydroxylation is 1. The molecule has 0 saturated carbocycles. The fourth-order valence-corrected chi connectivity index (χ4v) is 3.37. The lowest BCUT2D eigenvalue weighted by Crippen LogP contribution is -2.51. The molecule has 2 aliphatic rings. The summed E-state index contributed by atoms with van der Waals surface area (Å²) in [4.78, 5) is 14.8. The van der Waals surface area contributed by atoms with E-state index in [1.54, 1.807) is 0 Å². The SMILES string of the molecule is CC(C(=O)Nc1cccc2c1CCCC2)N1CCNCC1. The number of piperazine rings is 1. The van der Waals surface area contributed by atoms with Crippen LogP contribution in [-0.2, 0) is 17.6 Å². The fraction of sp³-hybridized carbons (Fsp3) is 0.588. The first kappa shape index (κ1) is 14.5. The van der Waals surface area contributed by atoms with E-state index in [-0.39, 0.29) is 11.9 Å². The molecule has 1 fully saturated rings. The number of carbonyl (C=O) groups is 1. The average Bonchev–Trinajstić information content (AvgIpc) is 2.55. The van der Waals surface area contributed by atoms with E-state index in [1.165, 1.54) is 24.0 Å². The highest BCUT2D eigenvalue weighted by molar-refractivity contribution is 5.95. The highest BCUT2D eigenvalue weighted by atomic mass is 16.2. The summed E-state index contributed by atoms with van der Waals surface area (Å²) in [6.07, 6.45) is 4.73. The van der Waals surface area contributed by atoms with Gasteiger partial charge in [0.25, 0.3) is 0 Å². The number of benzene rings is 1. The maximum atomic E-state index is 12.5. The molecular weight excluding hydrogens is 262 g/mol.